The second kappa shape index (κ2) is 3.21. The molecule has 0 saturated heterocycles. The van der Waals surface area contributed by atoms with Gasteiger partial charge in [-0.2, -0.15) is 0 Å². The molecule has 0 spiro atoms. The maximum Gasteiger partial charge on any atom is 0.326 e. The number of aromatic amines is 1. The Bertz CT molecular complexity index is 450. The van der Waals surface area contributed by atoms with Crippen molar-refractivity contribution in [3.63, 3.8) is 0 Å². The zero-order valence-corrected chi connectivity index (χ0v) is 7.16. The van der Waals surface area contributed by atoms with Crippen molar-refractivity contribution in [1.82, 2.24) is 9.55 Å². The first-order valence-electron chi connectivity index (χ1n) is 3.58. The molecule has 0 aliphatic carbocycles. The van der Waals surface area contributed by atoms with Crippen molar-refractivity contribution < 1.29 is 0 Å². The average molecular weight is 165 g/mol. The SMILES string of the molecule is C=c1[nH]c(=O)n(C)/c1=C/N=C\C. The fourth-order valence-corrected chi connectivity index (χ4v) is 0.898. The molecule has 4 heteroatoms. The molecule has 1 N–H and O–H groups in total. The monoisotopic (exact) mass is 165 g/mol. The zero-order chi connectivity index (χ0) is 9.14. The van der Waals surface area contributed by atoms with Crippen LogP contribution in [0.25, 0.3) is 12.8 Å². The van der Waals surface area contributed by atoms with Gasteiger partial charge in [-0.05, 0) is 6.92 Å². The molecule has 0 aliphatic rings. The molecule has 0 fully saturated rings. The van der Waals surface area contributed by atoms with E-state index in [2.05, 4.69) is 16.6 Å². The summed E-state index contributed by atoms with van der Waals surface area (Å²) in [6.45, 7) is 5.48. The lowest BCUT2D eigenvalue weighted by Crippen LogP contribution is -2.28. The second-order valence-electron chi connectivity index (χ2n) is 2.39. The van der Waals surface area contributed by atoms with Gasteiger partial charge in [0.15, 0.2) is 0 Å². The summed E-state index contributed by atoms with van der Waals surface area (Å²) >= 11 is 0. The largest absolute Gasteiger partial charge is 0.326 e. The molecular formula is C8H11N3O. The van der Waals surface area contributed by atoms with Crippen LogP contribution in [-0.2, 0) is 7.05 Å². The smallest absolute Gasteiger partial charge is 0.306 e. The summed E-state index contributed by atoms with van der Waals surface area (Å²) in [5, 5.41) is 1.30. The van der Waals surface area contributed by atoms with E-state index in [9.17, 15) is 4.79 Å². The highest BCUT2D eigenvalue weighted by atomic mass is 16.1. The minimum Gasteiger partial charge on any atom is -0.306 e. The number of aromatic nitrogens is 2. The van der Waals surface area contributed by atoms with Gasteiger partial charge in [-0.3, -0.25) is 9.56 Å². The van der Waals surface area contributed by atoms with E-state index in [4.69, 9.17) is 0 Å². The molecule has 1 aromatic rings. The second-order valence-corrected chi connectivity index (χ2v) is 2.39. The van der Waals surface area contributed by atoms with Gasteiger partial charge in [0.25, 0.3) is 0 Å². The van der Waals surface area contributed by atoms with Crippen molar-refractivity contribution in [2.24, 2.45) is 12.0 Å². The van der Waals surface area contributed by atoms with Crippen molar-refractivity contribution >= 4 is 19.0 Å². The van der Waals surface area contributed by atoms with Crippen LogP contribution in [0.15, 0.2) is 9.79 Å². The van der Waals surface area contributed by atoms with Crippen LogP contribution in [0.1, 0.15) is 6.92 Å². The predicted octanol–water partition coefficient (Wildman–Crippen LogP) is -1.05. The minimum atomic E-state index is -0.169. The highest BCUT2D eigenvalue weighted by Gasteiger charge is 1.93. The Morgan fingerprint density at radius 3 is 2.75 bits per heavy atom. The van der Waals surface area contributed by atoms with Crippen LogP contribution >= 0.6 is 0 Å². The van der Waals surface area contributed by atoms with Gasteiger partial charge in [0.05, 0.1) is 16.9 Å². The van der Waals surface area contributed by atoms with E-state index in [-0.39, 0.29) is 5.69 Å². The van der Waals surface area contributed by atoms with Crippen molar-refractivity contribution in [2.75, 3.05) is 0 Å². The summed E-state index contributed by atoms with van der Waals surface area (Å²) < 4.78 is 1.47. The number of hydrogen-bond acceptors (Lipinski definition) is 2. The maximum absolute atomic E-state index is 11.0. The predicted molar refractivity (Wildman–Crippen MR) is 49.4 cm³/mol. The normalized spacial score (nSPS) is 13.0. The average Bonchev–Trinajstić information content (AvgIpc) is 2.25. The summed E-state index contributed by atoms with van der Waals surface area (Å²) in [6.07, 6.45) is 3.25. The van der Waals surface area contributed by atoms with Crippen molar-refractivity contribution in [2.45, 2.75) is 6.92 Å². The van der Waals surface area contributed by atoms with Crippen LogP contribution in [0.3, 0.4) is 0 Å². The topological polar surface area (TPSA) is 50.1 Å². The highest BCUT2D eigenvalue weighted by Crippen LogP contribution is 1.63. The van der Waals surface area contributed by atoms with Crippen LogP contribution < -0.4 is 16.4 Å². The molecule has 0 saturated carbocycles. The standard InChI is InChI=1S/C8H11N3O/c1-4-9-5-7-6(2)10-8(12)11(7)3/h4-5H,2H2,1,3H3,(H,10,12)/b7-5+,9-4-. The molecular weight excluding hydrogens is 154 g/mol. The Labute approximate surface area is 69.6 Å². The molecule has 0 bridgehead atoms. The number of hydrogen-bond donors (Lipinski definition) is 1. The molecule has 0 aromatic carbocycles. The van der Waals surface area contributed by atoms with E-state index in [1.54, 1.807) is 19.5 Å². The Morgan fingerprint density at radius 1 is 1.67 bits per heavy atom. The van der Waals surface area contributed by atoms with Crippen LogP contribution in [0.2, 0.25) is 0 Å². The first-order valence-corrected chi connectivity index (χ1v) is 3.58. The number of imidazole rings is 1. The quantitative estimate of drug-likeness (QED) is 0.530. The summed E-state index contributed by atoms with van der Waals surface area (Å²) in [5.74, 6) is 0. The summed E-state index contributed by atoms with van der Waals surface area (Å²) in [5.41, 5.74) is -0.169. The first kappa shape index (κ1) is 8.52. The number of nitrogens with zero attached hydrogens (tertiary/aromatic N) is 2. The fourth-order valence-electron chi connectivity index (χ4n) is 0.898. The van der Waals surface area contributed by atoms with Gasteiger partial charge in [-0.15, -0.1) is 0 Å². The summed E-state index contributed by atoms with van der Waals surface area (Å²) in [7, 11) is 1.67. The van der Waals surface area contributed by atoms with E-state index in [1.807, 2.05) is 6.92 Å². The lowest BCUT2D eigenvalue weighted by atomic mass is 10.6. The highest BCUT2D eigenvalue weighted by molar-refractivity contribution is 5.57. The Morgan fingerprint density at radius 2 is 2.33 bits per heavy atom. The third kappa shape index (κ3) is 1.37. The van der Waals surface area contributed by atoms with E-state index in [0.717, 1.165) is 0 Å². The summed E-state index contributed by atoms with van der Waals surface area (Å²) in [6, 6.07) is 0. The van der Waals surface area contributed by atoms with Gasteiger partial charge < -0.3 is 4.98 Å². The number of nitrogens with one attached hydrogen (secondary N) is 1. The molecule has 1 rings (SSSR count). The van der Waals surface area contributed by atoms with Crippen LogP contribution in [0.4, 0.5) is 0 Å². The molecule has 0 atom stereocenters. The molecule has 0 unspecified atom stereocenters. The van der Waals surface area contributed by atoms with Crippen molar-refractivity contribution in [1.29, 1.82) is 0 Å². The first-order chi connectivity index (χ1) is 5.66. The van der Waals surface area contributed by atoms with Gasteiger partial charge in [-0.25, -0.2) is 4.79 Å². The molecule has 0 amide bonds. The molecule has 0 radical (unpaired) electrons. The maximum atomic E-state index is 11.0. The fraction of sp³-hybridized carbons (Fsp3) is 0.250. The number of aliphatic imine (C=N–C) groups is 1. The van der Waals surface area contributed by atoms with Gasteiger partial charge in [0.1, 0.15) is 0 Å². The third-order valence-electron chi connectivity index (χ3n) is 1.58. The van der Waals surface area contributed by atoms with Gasteiger partial charge in [0.2, 0.25) is 0 Å². The Hall–Kier alpha value is -1.58. The number of rotatable bonds is 1. The molecule has 4 nitrogen and oxygen atoms in total. The molecule has 1 heterocycles. The lowest BCUT2D eigenvalue weighted by molar-refractivity contribution is 0.834. The number of H-pyrrole nitrogens is 1. The van der Waals surface area contributed by atoms with E-state index in [0.29, 0.717) is 10.7 Å². The van der Waals surface area contributed by atoms with E-state index >= 15 is 0 Å². The van der Waals surface area contributed by atoms with Crippen LogP contribution in [0.5, 0.6) is 0 Å². The van der Waals surface area contributed by atoms with Crippen LogP contribution in [0, 0.1) is 0 Å². The Kier molecular flexibility index (Phi) is 2.28. The third-order valence-corrected chi connectivity index (χ3v) is 1.58. The van der Waals surface area contributed by atoms with Crippen molar-refractivity contribution in [3.05, 3.63) is 21.2 Å². The lowest BCUT2D eigenvalue weighted by Gasteiger charge is -1.84. The zero-order valence-electron chi connectivity index (χ0n) is 7.16. The molecule has 1 aromatic heterocycles. The van der Waals surface area contributed by atoms with E-state index in [1.165, 1.54) is 4.57 Å². The van der Waals surface area contributed by atoms with Crippen molar-refractivity contribution in [3.8, 4) is 0 Å². The van der Waals surface area contributed by atoms with Crippen LogP contribution in [-0.4, -0.2) is 15.8 Å². The molecule has 0 aliphatic heterocycles. The van der Waals surface area contributed by atoms with Gasteiger partial charge in [-0.1, -0.05) is 6.58 Å². The van der Waals surface area contributed by atoms with Gasteiger partial charge in [0, 0.05) is 13.3 Å². The molecule has 64 valence electrons. The summed E-state index contributed by atoms with van der Waals surface area (Å²) in [4.78, 5) is 17.5. The Balaban J connectivity index is 3.53. The minimum absolute atomic E-state index is 0.169. The molecule has 12 heavy (non-hydrogen) atoms. The van der Waals surface area contributed by atoms with Gasteiger partial charge >= 0.3 is 5.69 Å². The van der Waals surface area contributed by atoms with E-state index < -0.39 is 0 Å².